The SMILES string of the molecule is CC(C)c1cn2cc(Cl)cc(N)c2n1. The van der Waals surface area contributed by atoms with Gasteiger partial charge in [0.1, 0.15) is 0 Å². The Balaban J connectivity index is 2.70. The smallest absolute Gasteiger partial charge is 0.160 e. The number of halogens is 1. The van der Waals surface area contributed by atoms with E-state index in [1.165, 1.54) is 0 Å². The lowest BCUT2D eigenvalue weighted by Gasteiger charge is -1.97. The Bertz CT molecular complexity index is 473. The number of hydrogen-bond acceptors (Lipinski definition) is 2. The first kappa shape index (κ1) is 9.34. The molecule has 0 aromatic carbocycles. The predicted molar refractivity (Wildman–Crippen MR) is 58.7 cm³/mol. The van der Waals surface area contributed by atoms with Gasteiger partial charge in [-0.2, -0.15) is 0 Å². The minimum absolute atomic E-state index is 0.396. The fourth-order valence-electron chi connectivity index (χ4n) is 1.39. The van der Waals surface area contributed by atoms with Crippen molar-refractivity contribution in [2.24, 2.45) is 0 Å². The molecule has 0 amide bonds. The van der Waals surface area contributed by atoms with Gasteiger partial charge in [-0.25, -0.2) is 4.98 Å². The van der Waals surface area contributed by atoms with Crippen LogP contribution in [0.4, 0.5) is 5.69 Å². The third-order valence-corrected chi connectivity index (χ3v) is 2.36. The minimum Gasteiger partial charge on any atom is -0.396 e. The van der Waals surface area contributed by atoms with Gasteiger partial charge in [0.05, 0.1) is 16.4 Å². The molecule has 4 heteroatoms. The lowest BCUT2D eigenvalue weighted by Crippen LogP contribution is -1.91. The molecule has 0 saturated carbocycles. The average molecular weight is 210 g/mol. The number of hydrogen-bond donors (Lipinski definition) is 1. The van der Waals surface area contributed by atoms with Crippen LogP contribution in [-0.4, -0.2) is 9.38 Å². The number of nitrogens with zero attached hydrogens (tertiary/aromatic N) is 2. The van der Waals surface area contributed by atoms with Crippen LogP contribution in [0.1, 0.15) is 25.5 Å². The van der Waals surface area contributed by atoms with Crippen molar-refractivity contribution in [3.63, 3.8) is 0 Å². The van der Waals surface area contributed by atoms with E-state index in [0.717, 1.165) is 11.3 Å². The van der Waals surface area contributed by atoms with Crippen LogP contribution >= 0.6 is 11.6 Å². The zero-order valence-electron chi connectivity index (χ0n) is 8.16. The van der Waals surface area contributed by atoms with Crippen molar-refractivity contribution in [2.75, 3.05) is 5.73 Å². The van der Waals surface area contributed by atoms with E-state index in [0.29, 0.717) is 16.6 Å². The summed E-state index contributed by atoms with van der Waals surface area (Å²) in [6, 6.07) is 1.72. The third kappa shape index (κ3) is 1.44. The van der Waals surface area contributed by atoms with E-state index >= 15 is 0 Å². The summed E-state index contributed by atoms with van der Waals surface area (Å²) in [6.45, 7) is 4.19. The van der Waals surface area contributed by atoms with Crippen molar-refractivity contribution in [2.45, 2.75) is 19.8 Å². The fraction of sp³-hybridized carbons (Fsp3) is 0.300. The maximum atomic E-state index is 5.88. The van der Waals surface area contributed by atoms with Crippen molar-refractivity contribution in [1.29, 1.82) is 0 Å². The molecule has 2 aromatic heterocycles. The quantitative estimate of drug-likeness (QED) is 0.785. The van der Waals surface area contributed by atoms with Crippen molar-refractivity contribution < 1.29 is 0 Å². The summed E-state index contributed by atoms with van der Waals surface area (Å²) in [5.74, 6) is 0.396. The molecule has 0 spiro atoms. The summed E-state index contributed by atoms with van der Waals surface area (Å²) in [6.07, 6.45) is 3.77. The molecule has 74 valence electrons. The highest BCUT2D eigenvalue weighted by Crippen LogP contribution is 2.21. The van der Waals surface area contributed by atoms with Gasteiger partial charge in [0, 0.05) is 12.4 Å². The van der Waals surface area contributed by atoms with Gasteiger partial charge in [0.15, 0.2) is 5.65 Å². The Morgan fingerprint density at radius 2 is 2.14 bits per heavy atom. The molecule has 0 atom stereocenters. The number of nitrogen functional groups attached to an aromatic ring is 1. The molecule has 0 bridgehead atoms. The topological polar surface area (TPSA) is 43.3 Å². The number of fused-ring (bicyclic) bond motifs is 1. The van der Waals surface area contributed by atoms with E-state index < -0.39 is 0 Å². The standard InChI is InChI=1S/C10H12ClN3/c1-6(2)9-5-14-4-7(11)3-8(12)10(14)13-9/h3-6H,12H2,1-2H3. The van der Waals surface area contributed by atoms with Crippen LogP contribution in [0.2, 0.25) is 5.02 Å². The van der Waals surface area contributed by atoms with Gasteiger partial charge in [-0.1, -0.05) is 25.4 Å². The van der Waals surface area contributed by atoms with E-state index in [4.69, 9.17) is 17.3 Å². The third-order valence-electron chi connectivity index (χ3n) is 2.16. The van der Waals surface area contributed by atoms with Crippen LogP contribution in [0.5, 0.6) is 0 Å². The van der Waals surface area contributed by atoms with Crippen LogP contribution in [0.3, 0.4) is 0 Å². The van der Waals surface area contributed by atoms with Gasteiger partial charge in [-0.05, 0) is 12.0 Å². The summed E-state index contributed by atoms with van der Waals surface area (Å²) >= 11 is 5.88. The molecule has 3 nitrogen and oxygen atoms in total. The van der Waals surface area contributed by atoms with Crippen LogP contribution in [0.15, 0.2) is 18.5 Å². The molecule has 2 aromatic rings. The second kappa shape index (κ2) is 3.17. The Morgan fingerprint density at radius 1 is 1.43 bits per heavy atom. The molecule has 0 aliphatic heterocycles. The first-order valence-corrected chi connectivity index (χ1v) is 4.89. The van der Waals surface area contributed by atoms with E-state index in [9.17, 15) is 0 Å². The predicted octanol–water partition coefficient (Wildman–Crippen LogP) is 2.69. The maximum Gasteiger partial charge on any atom is 0.160 e. The second-order valence-corrected chi connectivity index (χ2v) is 4.10. The molecule has 14 heavy (non-hydrogen) atoms. The van der Waals surface area contributed by atoms with Crippen molar-refractivity contribution >= 4 is 22.9 Å². The van der Waals surface area contributed by atoms with Gasteiger partial charge in [-0.3, -0.25) is 0 Å². The second-order valence-electron chi connectivity index (χ2n) is 3.67. The summed E-state index contributed by atoms with van der Waals surface area (Å²) < 4.78 is 1.87. The van der Waals surface area contributed by atoms with E-state index in [-0.39, 0.29) is 0 Å². The summed E-state index contributed by atoms with van der Waals surface area (Å²) in [5.41, 5.74) is 8.22. The van der Waals surface area contributed by atoms with Gasteiger partial charge >= 0.3 is 0 Å². The summed E-state index contributed by atoms with van der Waals surface area (Å²) in [5, 5.41) is 0.628. The highest BCUT2D eigenvalue weighted by atomic mass is 35.5. The number of anilines is 1. The Hall–Kier alpha value is -1.22. The van der Waals surface area contributed by atoms with Crippen molar-refractivity contribution in [3.05, 3.63) is 29.2 Å². The van der Waals surface area contributed by atoms with Gasteiger partial charge in [-0.15, -0.1) is 0 Å². The van der Waals surface area contributed by atoms with Crippen LogP contribution < -0.4 is 5.73 Å². The lowest BCUT2D eigenvalue weighted by molar-refractivity contribution is 0.834. The molecular weight excluding hydrogens is 198 g/mol. The Labute approximate surface area is 87.5 Å². The highest BCUT2D eigenvalue weighted by molar-refractivity contribution is 6.30. The average Bonchev–Trinajstić information content (AvgIpc) is 2.47. The zero-order valence-corrected chi connectivity index (χ0v) is 8.92. The summed E-state index contributed by atoms with van der Waals surface area (Å²) in [4.78, 5) is 4.43. The number of pyridine rings is 1. The molecule has 0 unspecified atom stereocenters. The largest absolute Gasteiger partial charge is 0.396 e. The molecule has 0 aliphatic carbocycles. The molecular formula is C10H12ClN3. The van der Waals surface area contributed by atoms with E-state index in [1.54, 1.807) is 6.07 Å². The van der Waals surface area contributed by atoms with Gasteiger partial charge in [0.25, 0.3) is 0 Å². The normalized spacial score (nSPS) is 11.4. The van der Waals surface area contributed by atoms with Crippen LogP contribution in [0, 0.1) is 0 Å². The highest BCUT2D eigenvalue weighted by Gasteiger charge is 2.08. The van der Waals surface area contributed by atoms with Crippen molar-refractivity contribution in [3.8, 4) is 0 Å². The van der Waals surface area contributed by atoms with Crippen LogP contribution in [0.25, 0.3) is 5.65 Å². The Morgan fingerprint density at radius 3 is 2.79 bits per heavy atom. The lowest BCUT2D eigenvalue weighted by atomic mass is 10.2. The molecule has 2 heterocycles. The van der Waals surface area contributed by atoms with Gasteiger partial charge in [0.2, 0.25) is 0 Å². The number of rotatable bonds is 1. The monoisotopic (exact) mass is 209 g/mol. The zero-order chi connectivity index (χ0) is 10.3. The maximum absolute atomic E-state index is 5.88. The first-order valence-electron chi connectivity index (χ1n) is 4.51. The molecule has 2 N–H and O–H groups in total. The number of imidazole rings is 1. The molecule has 0 radical (unpaired) electrons. The number of aromatic nitrogens is 2. The molecule has 0 fully saturated rings. The fourth-order valence-corrected chi connectivity index (χ4v) is 1.61. The molecule has 2 rings (SSSR count). The Kier molecular flexibility index (Phi) is 2.11. The van der Waals surface area contributed by atoms with E-state index in [2.05, 4.69) is 18.8 Å². The van der Waals surface area contributed by atoms with Gasteiger partial charge < -0.3 is 10.1 Å². The molecule has 0 aliphatic rings. The van der Waals surface area contributed by atoms with Crippen LogP contribution in [-0.2, 0) is 0 Å². The minimum atomic E-state index is 0.396. The van der Waals surface area contributed by atoms with E-state index in [1.807, 2.05) is 16.8 Å². The summed E-state index contributed by atoms with van der Waals surface area (Å²) in [7, 11) is 0. The van der Waals surface area contributed by atoms with Crippen molar-refractivity contribution in [1.82, 2.24) is 9.38 Å². The molecule has 0 saturated heterocycles. The number of nitrogens with two attached hydrogens (primary N) is 1. The first-order chi connectivity index (χ1) is 6.58.